The molecule has 1 amide bonds. The van der Waals surface area contributed by atoms with E-state index in [9.17, 15) is 14.8 Å². The van der Waals surface area contributed by atoms with Crippen molar-refractivity contribution in [2.45, 2.75) is 6.10 Å². The van der Waals surface area contributed by atoms with Gasteiger partial charge in [0.05, 0.1) is 13.2 Å². The number of aliphatic hydroxyl groups excluding tert-OH is 1. The number of β-amino-alcohol motifs (C(OH)–C–C–N with tert-alkyl or cyclic N) is 1. The molecular weight excluding hydrogens is 237 g/mol. The Hall–Kier alpha value is -1.57. The van der Waals surface area contributed by atoms with E-state index in [0.29, 0.717) is 24.4 Å². The molecule has 2 rings (SSSR count). The normalized spacial score (nSPS) is 15.2. The first-order chi connectivity index (χ1) is 8.52. The van der Waals surface area contributed by atoms with Crippen molar-refractivity contribution in [1.82, 2.24) is 4.90 Å². The summed E-state index contributed by atoms with van der Waals surface area (Å²) in [7, 11) is -0.288. The quantitative estimate of drug-likeness (QED) is 0.551. The molecule has 0 aliphatic carbocycles. The fraction of sp³-hybridized carbons (Fsp3) is 0.364. The molecule has 1 saturated heterocycles. The summed E-state index contributed by atoms with van der Waals surface area (Å²) in [6.45, 7) is 0.615. The lowest BCUT2D eigenvalue weighted by molar-refractivity contribution is 0.00590. The van der Waals surface area contributed by atoms with E-state index in [1.54, 1.807) is 6.07 Å². The van der Waals surface area contributed by atoms with Crippen LogP contribution in [0.15, 0.2) is 18.2 Å². The van der Waals surface area contributed by atoms with Crippen molar-refractivity contribution in [3.05, 3.63) is 23.8 Å². The van der Waals surface area contributed by atoms with Crippen molar-refractivity contribution in [1.29, 1.82) is 0 Å². The number of aliphatic hydroxyl groups is 1. The molecular formula is C11H14BNO5. The highest BCUT2D eigenvalue weighted by Crippen LogP contribution is 2.15. The Balaban J connectivity index is 2.23. The highest BCUT2D eigenvalue weighted by atomic mass is 16.5. The van der Waals surface area contributed by atoms with Gasteiger partial charge in [0.15, 0.2) is 0 Å². The lowest BCUT2D eigenvalue weighted by Crippen LogP contribution is -2.53. The van der Waals surface area contributed by atoms with Crippen LogP contribution in [0.2, 0.25) is 0 Å². The third-order valence-electron chi connectivity index (χ3n) is 2.90. The molecule has 1 aromatic carbocycles. The van der Waals surface area contributed by atoms with Crippen LogP contribution in [-0.2, 0) is 0 Å². The zero-order chi connectivity index (χ0) is 13.3. The van der Waals surface area contributed by atoms with Crippen molar-refractivity contribution in [3.63, 3.8) is 0 Å². The number of methoxy groups -OCH3 is 1. The Morgan fingerprint density at radius 3 is 2.61 bits per heavy atom. The SMILES string of the molecule is COc1ccc(C(=O)N2CC(O)C2)cc1B(O)O. The van der Waals surface area contributed by atoms with Crippen molar-refractivity contribution in [3.8, 4) is 5.75 Å². The van der Waals surface area contributed by atoms with E-state index >= 15 is 0 Å². The van der Waals surface area contributed by atoms with E-state index in [0.717, 1.165) is 0 Å². The molecule has 96 valence electrons. The molecule has 1 aromatic rings. The maximum absolute atomic E-state index is 12.0. The van der Waals surface area contributed by atoms with Crippen molar-refractivity contribution in [2.75, 3.05) is 20.2 Å². The Bertz CT molecular complexity index is 459. The van der Waals surface area contributed by atoms with Gasteiger partial charge in [0.25, 0.3) is 5.91 Å². The second-order valence-electron chi connectivity index (χ2n) is 4.19. The van der Waals surface area contributed by atoms with Gasteiger partial charge in [-0.1, -0.05) is 0 Å². The standard InChI is InChI=1S/C11H14BNO5/c1-18-10-3-2-7(4-9(10)12(16)17)11(15)13-5-8(14)6-13/h2-4,8,14,16-17H,5-6H2,1H3. The van der Waals surface area contributed by atoms with Gasteiger partial charge in [-0.2, -0.15) is 0 Å². The zero-order valence-electron chi connectivity index (χ0n) is 9.91. The Morgan fingerprint density at radius 1 is 1.44 bits per heavy atom. The average Bonchev–Trinajstić information content (AvgIpc) is 2.33. The molecule has 0 aromatic heterocycles. The number of hydrogen-bond donors (Lipinski definition) is 3. The van der Waals surface area contributed by atoms with Crippen LogP contribution < -0.4 is 10.2 Å². The molecule has 7 heteroatoms. The van der Waals surface area contributed by atoms with Gasteiger partial charge in [0.1, 0.15) is 5.75 Å². The maximum atomic E-state index is 12.0. The van der Waals surface area contributed by atoms with E-state index in [-0.39, 0.29) is 11.4 Å². The van der Waals surface area contributed by atoms with E-state index in [1.807, 2.05) is 0 Å². The smallest absolute Gasteiger partial charge is 0.492 e. The van der Waals surface area contributed by atoms with Crippen molar-refractivity contribution >= 4 is 18.5 Å². The first kappa shape index (κ1) is 12.9. The number of carbonyl (C=O) groups is 1. The number of carbonyl (C=O) groups excluding carboxylic acids is 1. The van der Waals surface area contributed by atoms with Gasteiger partial charge < -0.3 is 24.8 Å². The predicted octanol–water partition coefficient (Wildman–Crippen LogP) is -1.81. The third-order valence-corrected chi connectivity index (χ3v) is 2.90. The van der Waals surface area contributed by atoms with Gasteiger partial charge in [-0.05, 0) is 18.2 Å². The van der Waals surface area contributed by atoms with Crippen LogP contribution in [0.25, 0.3) is 0 Å². The molecule has 3 N–H and O–H groups in total. The molecule has 1 fully saturated rings. The van der Waals surface area contributed by atoms with Crippen molar-refractivity contribution in [2.24, 2.45) is 0 Å². The van der Waals surface area contributed by atoms with E-state index in [2.05, 4.69) is 0 Å². The Morgan fingerprint density at radius 2 is 2.11 bits per heavy atom. The monoisotopic (exact) mass is 251 g/mol. The van der Waals surface area contributed by atoms with E-state index in [1.165, 1.54) is 24.1 Å². The molecule has 18 heavy (non-hydrogen) atoms. The van der Waals surface area contributed by atoms with Gasteiger partial charge in [0, 0.05) is 24.1 Å². The molecule has 1 heterocycles. The summed E-state index contributed by atoms with van der Waals surface area (Å²) in [6, 6.07) is 4.45. The van der Waals surface area contributed by atoms with Crippen molar-refractivity contribution < 1.29 is 24.7 Å². The zero-order valence-corrected chi connectivity index (χ0v) is 9.91. The first-order valence-corrected chi connectivity index (χ1v) is 5.54. The Labute approximate surface area is 105 Å². The minimum atomic E-state index is -1.70. The topological polar surface area (TPSA) is 90.2 Å². The lowest BCUT2D eigenvalue weighted by atomic mass is 9.78. The molecule has 0 spiro atoms. The van der Waals surface area contributed by atoms with E-state index in [4.69, 9.17) is 9.84 Å². The predicted molar refractivity (Wildman–Crippen MR) is 64.7 cm³/mol. The van der Waals surface area contributed by atoms with Crippen LogP contribution in [0.1, 0.15) is 10.4 Å². The summed E-state index contributed by atoms with van der Waals surface area (Å²) < 4.78 is 4.97. The molecule has 0 unspecified atom stereocenters. The van der Waals surface area contributed by atoms with Gasteiger partial charge in [-0.15, -0.1) is 0 Å². The average molecular weight is 251 g/mol. The minimum absolute atomic E-state index is 0.143. The summed E-state index contributed by atoms with van der Waals surface area (Å²) >= 11 is 0. The highest BCUT2D eigenvalue weighted by molar-refractivity contribution is 6.59. The molecule has 0 saturated carbocycles. The van der Waals surface area contributed by atoms with E-state index < -0.39 is 13.2 Å². The van der Waals surface area contributed by atoms with Crippen LogP contribution in [0.5, 0.6) is 5.75 Å². The lowest BCUT2D eigenvalue weighted by Gasteiger charge is -2.36. The third kappa shape index (κ3) is 2.33. The number of nitrogens with zero attached hydrogens (tertiary/aromatic N) is 1. The maximum Gasteiger partial charge on any atom is 0.492 e. The summed E-state index contributed by atoms with van der Waals surface area (Å²) in [5.74, 6) is 0.0649. The molecule has 6 nitrogen and oxygen atoms in total. The van der Waals surface area contributed by atoms with Gasteiger partial charge in [0.2, 0.25) is 0 Å². The number of benzene rings is 1. The van der Waals surface area contributed by atoms with Gasteiger partial charge >= 0.3 is 7.12 Å². The molecule has 1 aliphatic heterocycles. The summed E-state index contributed by atoms with van der Waals surface area (Å²) in [6.07, 6.45) is -0.463. The van der Waals surface area contributed by atoms with Gasteiger partial charge in [-0.25, -0.2) is 0 Å². The minimum Gasteiger partial charge on any atom is -0.497 e. The Kier molecular flexibility index (Phi) is 3.56. The second-order valence-corrected chi connectivity index (χ2v) is 4.19. The fourth-order valence-electron chi connectivity index (χ4n) is 1.87. The van der Waals surface area contributed by atoms with Crippen LogP contribution in [-0.4, -0.2) is 59.4 Å². The summed E-state index contributed by atoms with van der Waals surface area (Å²) in [4.78, 5) is 13.4. The first-order valence-electron chi connectivity index (χ1n) is 5.54. The van der Waals surface area contributed by atoms with Crippen LogP contribution in [0.3, 0.4) is 0 Å². The van der Waals surface area contributed by atoms with Crippen LogP contribution >= 0.6 is 0 Å². The fourth-order valence-corrected chi connectivity index (χ4v) is 1.87. The number of ether oxygens (including phenoxy) is 1. The van der Waals surface area contributed by atoms with Gasteiger partial charge in [-0.3, -0.25) is 4.79 Å². The molecule has 1 aliphatic rings. The molecule has 0 atom stereocenters. The molecule has 0 radical (unpaired) electrons. The summed E-state index contributed by atoms with van der Waals surface area (Å²) in [5.41, 5.74) is 0.482. The highest BCUT2D eigenvalue weighted by Gasteiger charge is 2.30. The largest absolute Gasteiger partial charge is 0.497 e. The number of amides is 1. The van der Waals surface area contributed by atoms with Crippen LogP contribution in [0.4, 0.5) is 0 Å². The second kappa shape index (κ2) is 4.97. The number of rotatable bonds is 3. The summed E-state index contributed by atoms with van der Waals surface area (Å²) in [5, 5.41) is 27.6. The number of hydrogen-bond acceptors (Lipinski definition) is 5. The molecule has 0 bridgehead atoms. The number of likely N-dealkylation sites (tertiary alicyclic amines) is 1. The van der Waals surface area contributed by atoms with Crippen LogP contribution in [0, 0.1) is 0 Å².